The number of carbonyl (C=O) groups is 1. The van der Waals surface area contributed by atoms with Gasteiger partial charge in [0.25, 0.3) is 5.91 Å². The van der Waals surface area contributed by atoms with E-state index in [1.807, 2.05) is 0 Å². The predicted octanol–water partition coefficient (Wildman–Crippen LogP) is 3.63. The van der Waals surface area contributed by atoms with Crippen molar-refractivity contribution in [1.29, 1.82) is 0 Å². The fourth-order valence-electron chi connectivity index (χ4n) is 1.59. The van der Waals surface area contributed by atoms with Gasteiger partial charge in [-0.05, 0) is 46.0 Å². The number of nitrogens with one attached hydrogen (secondary N) is 1. The van der Waals surface area contributed by atoms with E-state index >= 15 is 0 Å². The van der Waals surface area contributed by atoms with E-state index < -0.39 is 0 Å². The SMILES string of the molecule is CC1(C)CC1NC(=O)c1ccc(Br)c(Cl)c1. The monoisotopic (exact) mass is 301 g/mol. The molecule has 0 aromatic heterocycles. The number of halogens is 2. The van der Waals surface area contributed by atoms with Gasteiger partial charge in [0.2, 0.25) is 0 Å². The van der Waals surface area contributed by atoms with Gasteiger partial charge in [-0.15, -0.1) is 0 Å². The van der Waals surface area contributed by atoms with Gasteiger partial charge in [-0.2, -0.15) is 0 Å². The predicted molar refractivity (Wildman–Crippen MR) is 68.8 cm³/mol. The normalized spacial score (nSPS) is 21.6. The number of amides is 1. The summed E-state index contributed by atoms with van der Waals surface area (Å²) in [7, 11) is 0. The van der Waals surface area contributed by atoms with Crippen LogP contribution in [-0.4, -0.2) is 11.9 Å². The summed E-state index contributed by atoms with van der Waals surface area (Å²) in [5, 5.41) is 3.55. The number of rotatable bonds is 2. The molecular weight excluding hydrogens is 289 g/mol. The van der Waals surface area contributed by atoms with E-state index in [9.17, 15) is 4.79 Å². The van der Waals surface area contributed by atoms with Gasteiger partial charge in [0.05, 0.1) is 5.02 Å². The Bertz CT molecular complexity index is 445. The minimum Gasteiger partial charge on any atom is -0.349 e. The highest BCUT2D eigenvalue weighted by atomic mass is 79.9. The topological polar surface area (TPSA) is 29.1 Å². The summed E-state index contributed by atoms with van der Waals surface area (Å²) >= 11 is 9.24. The minimum absolute atomic E-state index is 0.0509. The average molecular weight is 303 g/mol. The van der Waals surface area contributed by atoms with Crippen molar-refractivity contribution in [3.05, 3.63) is 33.3 Å². The number of benzene rings is 1. The van der Waals surface area contributed by atoms with Crippen LogP contribution in [0.25, 0.3) is 0 Å². The van der Waals surface area contributed by atoms with Crippen LogP contribution in [0, 0.1) is 5.41 Å². The van der Waals surface area contributed by atoms with Crippen LogP contribution in [0.3, 0.4) is 0 Å². The first-order valence-electron chi connectivity index (χ1n) is 5.16. The summed E-state index contributed by atoms with van der Waals surface area (Å²) in [6, 6.07) is 5.52. The summed E-state index contributed by atoms with van der Waals surface area (Å²) in [6.07, 6.45) is 1.04. The number of hydrogen-bond donors (Lipinski definition) is 1. The summed E-state index contributed by atoms with van der Waals surface area (Å²) in [5.74, 6) is -0.0509. The molecule has 1 aliphatic rings. The molecule has 0 heterocycles. The Hall–Kier alpha value is -0.540. The highest BCUT2D eigenvalue weighted by Gasteiger charge is 2.46. The van der Waals surface area contributed by atoms with Gasteiger partial charge in [0, 0.05) is 16.1 Å². The molecule has 1 unspecified atom stereocenters. The van der Waals surface area contributed by atoms with E-state index in [0.29, 0.717) is 16.6 Å². The third-order valence-electron chi connectivity index (χ3n) is 3.00. The Labute approximate surface area is 108 Å². The molecule has 0 radical (unpaired) electrons. The molecule has 0 bridgehead atoms. The van der Waals surface area contributed by atoms with Crippen molar-refractivity contribution in [1.82, 2.24) is 5.32 Å². The molecule has 2 nitrogen and oxygen atoms in total. The van der Waals surface area contributed by atoms with Crippen molar-refractivity contribution in [2.24, 2.45) is 5.41 Å². The fourth-order valence-corrected chi connectivity index (χ4v) is 2.02. The van der Waals surface area contributed by atoms with Crippen LogP contribution in [0.5, 0.6) is 0 Å². The van der Waals surface area contributed by atoms with E-state index in [1.54, 1.807) is 18.2 Å². The van der Waals surface area contributed by atoms with E-state index in [1.165, 1.54) is 0 Å². The van der Waals surface area contributed by atoms with Gasteiger partial charge < -0.3 is 5.32 Å². The zero-order valence-electron chi connectivity index (χ0n) is 9.18. The Morgan fingerprint density at radius 3 is 2.69 bits per heavy atom. The Balaban J connectivity index is 2.07. The first-order valence-corrected chi connectivity index (χ1v) is 6.33. The van der Waals surface area contributed by atoms with Crippen LogP contribution in [0.2, 0.25) is 5.02 Å². The van der Waals surface area contributed by atoms with Gasteiger partial charge >= 0.3 is 0 Å². The Morgan fingerprint density at radius 1 is 1.56 bits per heavy atom. The minimum atomic E-state index is -0.0509. The van der Waals surface area contributed by atoms with Crippen LogP contribution in [0.1, 0.15) is 30.6 Å². The zero-order chi connectivity index (χ0) is 11.9. The molecule has 2 rings (SSSR count). The lowest BCUT2D eigenvalue weighted by Crippen LogP contribution is -2.28. The van der Waals surface area contributed by atoms with Crippen LogP contribution in [-0.2, 0) is 0 Å². The highest BCUT2D eigenvalue weighted by Crippen LogP contribution is 2.44. The van der Waals surface area contributed by atoms with Crippen molar-refractivity contribution in [3.8, 4) is 0 Å². The molecule has 1 aliphatic carbocycles. The summed E-state index contributed by atoms with van der Waals surface area (Å²) in [4.78, 5) is 11.9. The standard InChI is InChI=1S/C12H13BrClNO/c1-12(2)6-10(12)15-11(16)7-3-4-8(13)9(14)5-7/h3-5,10H,6H2,1-2H3,(H,15,16). The van der Waals surface area contributed by atoms with E-state index in [0.717, 1.165) is 10.9 Å². The molecule has 1 saturated carbocycles. The van der Waals surface area contributed by atoms with Crippen LogP contribution in [0.15, 0.2) is 22.7 Å². The zero-order valence-corrected chi connectivity index (χ0v) is 11.5. The second-order valence-electron chi connectivity index (χ2n) is 4.85. The third kappa shape index (κ3) is 2.41. The second-order valence-corrected chi connectivity index (χ2v) is 6.11. The van der Waals surface area contributed by atoms with E-state index in [4.69, 9.17) is 11.6 Å². The molecule has 0 saturated heterocycles. The maximum Gasteiger partial charge on any atom is 0.251 e. The quantitative estimate of drug-likeness (QED) is 0.888. The van der Waals surface area contributed by atoms with Gasteiger partial charge in [0.1, 0.15) is 0 Å². The molecule has 16 heavy (non-hydrogen) atoms. The van der Waals surface area contributed by atoms with E-state index in [2.05, 4.69) is 35.1 Å². The Morgan fingerprint density at radius 2 is 2.19 bits per heavy atom. The smallest absolute Gasteiger partial charge is 0.251 e. The molecule has 1 atom stereocenters. The first-order chi connectivity index (χ1) is 7.40. The van der Waals surface area contributed by atoms with Gasteiger partial charge in [0.15, 0.2) is 0 Å². The maximum absolute atomic E-state index is 11.9. The summed E-state index contributed by atoms with van der Waals surface area (Å²) in [5.41, 5.74) is 0.852. The van der Waals surface area contributed by atoms with Gasteiger partial charge in [-0.25, -0.2) is 0 Å². The lowest BCUT2D eigenvalue weighted by Gasteiger charge is -2.07. The largest absolute Gasteiger partial charge is 0.349 e. The molecule has 1 aromatic rings. The maximum atomic E-state index is 11.9. The first kappa shape index (κ1) is 11.9. The van der Waals surface area contributed by atoms with Gasteiger partial charge in [-0.1, -0.05) is 25.4 Å². The molecular formula is C12H13BrClNO. The molecule has 1 aromatic carbocycles. The molecule has 1 fully saturated rings. The molecule has 0 aliphatic heterocycles. The lowest BCUT2D eigenvalue weighted by molar-refractivity contribution is 0.0946. The molecule has 4 heteroatoms. The molecule has 86 valence electrons. The highest BCUT2D eigenvalue weighted by molar-refractivity contribution is 9.10. The van der Waals surface area contributed by atoms with Crippen molar-refractivity contribution < 1.29 is 4.79 Å². The van der Waals surface area contributed by atoms with Crippen LogP contribution < -0.4 is 5.32 Å². The Kier molecular flexibility index (Phi) is 3.01. The molecule has 1 N–H and O–H groups in total. The number of carbonyl (C=O) groups excluding carboxylic acids is 1. The number of hydrogen-bond acceptors (Lipinski definition) is 1. The fraction of sp³-hybridized carbons (Fsp3) is 0.417. The van der Waals surface area contributed by atoms with Crippen LogP contribution in [0.4, 0.5) is 0 Å². The summed E-state index contributed by atoms with van der Waals surface area (Å²) in [6.45, 7) is 4.29. The lowest BCUT2D eigenvalue weighted by atomic mass is 10.1. The van der Waals surface area contributed by atoms with E-state index in [-0.39, 0.29) is 11.3 Å². The summed E-state index contributed by atoms with van der Waals surface area (Å²) < 4.78 is 0.803. The molecule has 1 amide bonds. The molecule has 0 spiro atoms. The van der Waals surface area contributed by atoms with Crippen molar-refractivity contribution in [2.75, 3.05) is 0 Å². The second kappa shape index (κ2) is 4.04. The van der Waals surface area contributed by atoms with Gasteiger partial charge in [-0.3, -0.25) is 4.79 Å². The third-order valence-corrected chi connectivity index (χ3v) is 4.23. The van der Waals surface area contributed by atoms with Crippen molar-refractivity contribution >= 4 is 33.4 Å². The van der Waals surface area contributed by atoms with Crippen LogP contribution >= 0.6 is 27.5 Å². The average Bonchev–Trinajstić information content (AvgIpc) is 2.78. The van der Waals surface area contributed by atoms with Crippen molar-refractivity contribution in [2.45, 2.75) is 26.3 Å². The van der Waals surface area contributed by atoms with Crippen molar-refractivity contribution in [3.63, 3.8) is 0 Å².